The van der Waals surface area contributed by atoms with Crippen LogP contribution >= 0.6 is 27.5 Å². The summed E-state index contributed by atoms with van der Waals surface area (Å²) in [6, 6.07) is 0. The van der Waals surface area contributed by atoms with E-state index in [1.165, 1.54) is 0 Å². The van der Waals surface area contributed by atoms with E-state index in [4.69, 9.17) is 11.6 Å². The highest BCUT2D eigenvalue weighted by Crippen LogP contribution is 2.20. The van der Waals surface area contributed by atoms with Gasteiger partial charge in [0.2, 0.25) is 0 Å². The Balaban J connectivity index is 1.87. The lowest BCUT2D eigenvalue weighted by Gasteiger charge is -2.06. The van der Waals surface area contributed by atoms with Crippen LogP contribution in [0.3, 0.4) is 0 Å². The SMILES string of the molecule is Cc1nn(CCCNC(=O)c2nn(C)c(C)c2Br)c(C)c1Cl. The van der Waals surface area contributed by atoms with E-state index in [2.05, 4.69) is 31.4 Å². The first kappa shape index (κ1) is 17.0. The van der Waals surface area contributed by atoms with Crippen molar-refractivity contribution in [3.8, 4) is 0 Å². The Morgan fingerprint density at radius 1 is 1.27 bits per heavy atom. The minimum atomic E-state index is -0.179. The third kappa shape index (κ3) is 3.35. The van der Waals surface area contributed by atoms with E-state index in [1.54, 1.807) is 4.68 Å². The van der Waals surface area contributed by atoms with Gasteiger partial charge in [0.15, 0.2) is 5.69 Å². The van der Waals surface area contributed by atoms with Crippen molar-refractivity contribution in [1.29, 1.82) is 0 Å². The van der Waals surface area contributed by atoms with Gasteiger partial charge in [0.25, 0.3) is 5.91 Å². The van der Waals surface area contributed by atoms with Gasteiger partial charge in [-0.1, -0.05) is 11.6 Å². The smallest absolute Gasteiger partial charge is 0.272 e. The second-order valence-electron chi connectivity index (χ2n) is 5.19. The van der Waals surface area contributed by atoms with E-state index in [0.717, 1.165) is 28.0 Å². The lowest BCUT2D eigenvalue weighted by atomic mass is 10.3. The highest BCUT2D eigenvalue weighted by atomic mass is 79.9. The molecule has 2 rings (SSSR count). The number of carbonyl (C=O) groups is 1. The van der Waals surface area contributed by atoms with Crippen LogP contribution < -0.4 is 5.32 Å². The molecule has 0 fully saturated rings. The molecule has 0 spiro atoms. The highest BCUT2D eigenvalue weighted by molar-refractivity contribution is 9.10. The standard InChI is InChI=1S/C14H19BrClN5O/c1-8-12(16)10(3)21(18-8)7-5-6-17-14(22)13-11(15)9(2)20(4)19-13/h5-7H2,1-4H3,(H,17,22). The van der Waals surface area contributed by atoms with Gasteiger partial charge in [0.05, 0.1) is 26.6 Å². The predicted octanol–water partition coefficient (Wildman–Crippen LogP) is 2.78. The second-order valence-corrected chi connectivity index (χ2v) is 6.36. The van der Waals surface area contributed by atoms with Gasteiger partial charge >= 0.3 is 0 Å². The molecule has 0 aliphatic carbocycles. The number of hydrogen-bond acceptors (Lipinski definition) is 3. The molecule has 0 aromatic carbocycles. The molecule has 1 N–H and O–H groups in total. The number of aromatic nitrogens is 4. The molecule has 0 saturated heterocycles. The van der Waals surface area contributed by atoms with E-state index in [0.29, 0.717) is 23.8 Å². The first-order chi connectivity index (χ1) is 10.3. The minimum absolute atomic E-state index is 0.179. The van der Waals surface area contributed by atoms with E-state index < -0.39 is 0 Å². The van der Waals surface area contributed by atoms with Crippen molar-refractivity contribution < 1.29 is 4.79 Å². The molecule has 0 aliphatic heterocycles. The highest BCUT2D eigenvalue weighted by Gasteiger charge is 2.17. The molecular formula is C14H19BrClN5O. The van der Waals surface area contributed by atoms with Crippen LogP contribution in [0.5, 0.6) is 0 Å². The molecule has 120 valence electrons. The molecule has 1 amide bonds. The summed E-state index contributed by atoms with van der Waals surface area (Å²) in [6.07, 6.45) is 0.771. The molecule has 0 saturated carbocycles. The van der Waals surface area contributed by atoms with Crippen molar-refractivity contribution in [3.63, 3.8) is 0 Å². The number of nitrogens with zero attached hydrogens (tertiary/aromatic N) is 4. The van der Waals surface area contributed by atoms with Gasteiger partial charge in [-0.2, -0.15) is 10.2 Å². The molecule has 6 nitrogen and oxygen atoms in total. The van der Waals surface area contributed by atoms with Gasteiger partial charge in [-0.15, -0.1) is 0 Å². The molecule has 8 heteroatoms. The van der Waals surface area contributed by atoms with Crippen LogP contribution in [-0.4, -0.2) is 32.0 Å². The second kappa shape index (κ2) is 6.83. The van der Waals surface area contributed by atoms with Gasteiger partial charge in [-0.05, 0) is 43.1 Å². The zero-order valence-corrected chi connectivity index (χ0v) is 15.4. The number of amides is 1. The third-order valence-electron chi connectivity index (χ3n) is 3.60. The Kier molecular flexibility index (Phi) is 5.28. The first-order valence-corrected chi connectivity index (χ1v) is 8.16. The van der Waals surface area contributed by atoms with Crippen LogP contribution in [0.2, 0.25) is 5.02 Å². The summed E-state index contributed by atoms with van der Waals surface area (Å²) in [5, 5.41) is 12.1. The summed E-state index contributed by atoms with van der Waals surface area (Å²) in [5.41, 5.74) is 3.11. The van der Waals surface area contributed by atoms with Gasteiger partial charge in [-0.25, -0.2) is 0 Å². The van der Waals surface area contributed by atoms with Crippen LogP contribution in [0.1, 0.15) is 34.0 Å². The van der Waals surface area contributed by atoms with Crippen LogP contribution in [0.25, 0.3) is 0 Å². The number of carbonyl (C=O) groups excluding carboxylic acids is 1. The largest absolute Gasteiger partial charge is 0.351 e. The summed E-state index contributed by atoms with van der Waals surface area (Å²) >= 11 is 9.50. The zero-order valence-electron chi connectivity index (χ0n) is 13.1. The summed E-state index contributed by atoms with van der Waals surface area (Å²) in [7, 11) is 1.81. The number of halogens is 2. The predicted molar refractivity (Wildman–Crippen MR) is 89.3 cm³/mol. The molecule has 22 heavy (non-hydrogen) atoms. The summed E-state index contributed by atoms with van der Waals surface area (Å²) in [4.78, 5) is 12.1. The van der Waals surface area contributed by atoms with Crippen LogP contribution in [0, 0.1) is 20.8 Å². The Hall–Kier alpha value is -1.34. The number of nitrogens with one attached hydrogen (secondary N) is 1. The first-order valence-electron chi connectivity index (χ1n) is 6.99. The lowest BCUT2D eigenvalue weighted by Crippen LogP contribution is -2.26. The molecule has 0 bridgehead atoms. The maximum atomic E-state index is 12.1. The molecule has 2 aromatic heterocycles. The van der Waals surface area contributed by atoms with Crippen molar-refractivity contribution in [2.45, 2.75) is 33.7 Å². The fourth-order valence-corrected chi connectivity index (χ4v) is 2.79. The molecular weight excluding hydrogens is 370 g/mol. The van der Waals surface area contributed by atoms with Crippen molar-refractivity contribution in [2.75, 3.05) is 6.54 Å². The Morgan fingerprint density at radius 2 is 1.95 bits per heavy atom. The quantitative estimate of drug-likeness (QED) is 0.801. The fourth-order valence-electron chi connectivity index (χ4n) is 2.13. The molecule has 0 radical (unpaired) electrons. The van der Waals surface area contributed by atoms with E-state index >= 15 is 0 Å². The number of aryl methyl sites for hydroxylation is 3. The lowest BCUT2D eigenvalue weighted by molar-refractivity contribution is 0.0946. The maximum absolute atomic E-state index is 12.1. The van der Waals surface area contributed by atoms with Crippen LogP contribution in [0.15, 0.2) is 4.47 Å². The van der Waals surface area contributed by atoms with Gasteiger partial charge in [-0.3, -0.25) is 14.2 Å². The molecule has 0 unspecified atom stereocenters. The fraction of sp³-hybridized carbons (Fsp3) is 0.500. The van der Waals surface area contributed by atoms with E-state index in [9.17, 15) is 4.79 Å². The molecule has 0 atom stereocenters. The average Bonchev–Trinajstić information content (AvgIpc) is 2.88. The zero-order chi connectivity index (χ0) is 16.4. The van der Waals surface area contributed by atoms with Gasteiger partial charge in [0, 0.05) is 20.1 Å². The Morgan fingerprint density at radius 3 is 2.45 bits per heavy atom. The van der Waals surface area contributed by atoms with E-state index in [1.807, 2.05) is 32.5 Å². The molecule has 2 aromatic rings. The van der Waals surface area contributed by atoms with Crippen LogP contribution in [-0.2, 0) is 13.6 Å². The van der Waals surface area contributed by atoms with Crippen molar-refractivity contribution in [1.82, 2.24) is 24.9 Å². The Bertz CT molecular complexity index is 707. The normalized spacial score (nSPS) is 11.0. The van der Waals surface area contributed by atoms with Gasteiger partial charge in [0.1, 0.15) is 0 Å². The third-order valence-corrected chi connectivity index (χ3v) is 5.10. The summed E-state index contributed by atoms with van der Waals surface area (Å²) < 4.78 is 4.28. The summed E-state index contributed by atoms with van der Waals surface area (Å²) in [5.74, 6) is -0.179. The van der Waals surface area contributed by atoms with Crippen molar-refractivity contribution >= 4 is 33.4 Å². The Labute approximate surface area is 143 Å². The topological polar surface area (TPSA) is 64.7 Å². The van der Waals surface area contributed by atoms with E-state index in [-0.39, 0.29) is 5.91 Å². The monoisotopic (exact) mass is 387 g/mol. The van der Waals surface area contributed by atoms with Crippen molar-refractivity contribution in [3.05, 3.63) is 32.3 Å². The minimum Gasteiger partial charge on any atom is -0.351 e. The number of hydrogen-bond donors (Lipinski definition) is 1. The molecule has 2 heterocycles. The maximum Gasteiger partial charge on any atom is 0.272 e. The average molecular weight is 389 g/mol. The van der Waals surface area contributed by atoms with Crippen molar-refractivity contribution in [2.24, 2.45) is 7.05 Å². The van der Waals surface area contributed by atoms with Crippen LogP contribution in [0.4, 0.5) is 0 Å². The molecule has 0 aliphatic rings. The van der Waals surface area contributed by atoms with Gasteiger partial charge < -0.3 is 5.32 Å². The number of rotatable bonds is 5. The summed E-state index contributed by atoms with van der Waals surface area (Å²) in [6.45, 7) is 6.99.